The highest BCUT2D eigenvalue weighted by atomic mass is 16.5. The Morgan fingerprint density at radius 1 is 1.19 bits per heavy atom. The zero-order valence-electron chi connectivity index (χ0n) is 14.5. The van der Waals surface area contributed by atoms with Crippen molar-refractivity contribution in [3.8, 4) is 0 Å². The number of aliphatic hydroxyl groups is 2. The van der Waals surface area contributed by atoms with Crippen molar-refractivity contribution in [3.05, 3.63) is 65.2 Å². The first kappa shape index (κ1) is 18.2. The SMILES string of the molecule is O=C(NCCC(O)C(O)c1ccc2c(c1)CCN2)OCc1ccccc1. The van der Waals surface area contributed by atoms with Gasteiger partial charge in [-0.2, -0.15) is 0 Å². The first-order chi connectivity index (χ1) is 12.6. The maximum absolute atomic E-state index is 11.7. The number of nitrogens with one attached hydrogen (secondary N) is 2. The van der Waals surface area contributed by atoms with Crippen molar-refractivity contribution in [1.29, 1.82) is 0 Å². The summed E-state index contributed by atoms with van der Waals surface area (Å²) < 4.78 is 5.10. The summed E-state index contributed by atoms with van der Waals surface area (Å²) in [6, 6.07) is 15.1. The average molecular weight is 356 g/mol. The van der Waals surface area contributed by atoms with Gasteiger partial charge in [-0.1, -0.05) is 42.5 Å². The number of amides is 1. The third kappa shape index (κ3) is 4.74. The largest absolute Gasteiger partial charge is 0.445 e. The van der Waals surface area contributed by atoms with Gasteiger partial charge in [0.25, 0.3) is 0 Å². The lowest BCUT2D eigenvalue weighted by Crippen LogP contribution is -2.29. The Labute approximate surface area is 152 Å². The highest BCUT2D eigenvalue weighted by Crippen LogP contribution is 2.27. The van der Waals surface area contributed by atoms with Gasteiger partial charge in [0.05, 0.1) is 6.10 Å². The van der Waals surface area contributed by atoms with Gasteiger partial charge in [0.15, 0.2) is 0 Å². The van der Waals surface area contributed by atoms with E-state index in [-0.39, 0.29) is 19.6 Å². The third-order valence-corrected chi connectivity index (χ3v) is 4.47. The van der Waals surface area contributed by atoms with Gasteiger partial charge >= 0.3 is 6.09 Å². The molecular formula is C20H24N2O4. The molecule has 0 saturated heterocycles. The molecule has 0 fully saturated rings. The second-order valence-corrected chi connectivity index (χ2v) is 6.38. The van der Waals surface area contributed by atoms with Crippen LogP contribution in [0.15, 0.2) is 48.5 Å². The van der Waals surface area contributed by atoms with Gasteiger partial charge in [0.1, 0.15) is 12.7 Å². The van der Waals surface area contributed by atoms with E-state index in [0.29, 0.717) is 5.56 Å². The summed E-state index contributed by atoms with van der Waals surface area (Å²) in [5, 5.41) is 26.4. The fourth-order valence-corrected chi connectivity index (χ4v) is 2.99. The molecule has 1 amide bonds. The fraction of sp³-hybridized carbons (Fsp3) is 0.350. The average Bonchev–Trinajstić information content (AvgIpc) is 3.14. The molecule has 2 atom stereocenters. The highest BCUT2D eigenvalue weighted by molar-refractivity contribution is 5.67. The van der Waals surface area contributed by atoms with Crippen LogP contribution in [0, 0.1) is 0 Å². The van der Waals surface area contributed by atoms with Gasteiger partial charge in [-0.25, -0.2) is 4.79 Å². The van der Waals surface area contributed by atoms with Crippen LogP contribution in [0.3, 0.4) is 0 Å². The van der Waals surface area contributed by atoms with Crippen LogP contribution in [-0.2, 0) is 17.8 Å². The Balaban J connectivity index is 1.40. The molecule has 2 aromatic rings. The molecule has 0 aliphatic carbocycles. The lowest BCUT2D eigenvalue weighted by Gasteiger charge is -2.19. The maximum Gasteiger partial charge on any atom is 0.407 e. The van der Waals surface area contributed by atoms with E-state index in [2.05, 4.69) is 10.6 Å². The molecule has 2 aromatic carbocycles. The minimum absolute atomic E-state index is 0.195. The molecule has 0 aromatic heterocycles. The van der Waals surface area contributed by atoms with Gasteiger partial charge in [-0.05, 0) is 35.6 Å². The van der Waals surface area contributed by atoms with Crippen molar-refractivity contribution in [2.24, 2.45) is 0 Å². The van der Waals surface area contributed by atoms with Gasteiger partial charge < -0.3 is 25.6 Å². The van der Waals surface area contributed by atoms with Crippen molar-refractivity contribution in [1.82, 2.24) is 5.32 Å². The maximum atomic E-state index is 11.7. The molecule has 2 unspecified atom stereocenters. The number of aliphatic hydroxyl groups excluding tert-OH is 2. The number of ether oxygens (including phenoxy) is 1. The van der Waals surface area contributed by atoms with E-state index in [9.17, 15) is 15.0 Å². The first-order valence-corrected chi connectivity index (χ1v) is 8.81. The number of rotatable bonds is 7. The van der Waals surface area contributed by atoms with Gasteiger partial charge in [-0.15, -0.1) is 0 Å². The van der Waals surface area contributed by atoms with Crippen LogP contribution in [0.4, 0.5) is 10.5 Å². The van der Waals surface area contributed by atoms with E-state index in [1.807, 2.05) is 48.5 Å². The molecule has 6 heteroatoms. The summed E-state index contributed by atoms with van der Waals surface area (Å²) in [7, 11) is 0. The molecule has 0 saturated carbocycles. The van der Waals surface area contributed by atoms with Gasteiger partial charge in [0, 0.05) is 18.8 Å². The summed E-state index contributed by atoms with van der Waals surface area (Å²) in [5.41, 5.74) is 3.82. The minimum atomic E-state index is -0.983. The number of anilines is 1. The standard InChI is InChI=1S/C20H24N2O4/c23-18(19(24)16-6-7-17-15(12-16)8-10-21-17)9-11-22-20(25)26-13-14-4-2-1-3-5-14/h1-7,12,18-19,21,23-24H,8-11,13H2,(H,22,25). The molecule has 1 aliphatic heterocycles. The van der Waals surface area contributed by atoms with Crippen molar-refractivity contribution < 1.29 is 19.7 Å². The fourth-order valence-electron chi connectivity index (χ4n) is 2.99. The Kier molecular flexibility index (Phi) is 6.09. The van der Waals surface area contributed by atoms with Crippen molar-refractivity contribution in [2.75, 3.05) is 18.4 Å². The molecule has 6 nitrogen and oxygen atoms in total. The lowest BCUT2D eigenvalue weighted by molar-refractivity contribution is 0.0136. The van der Waals surface area contributed by atoms with E-state index in [4.69, 9.17) is 4.74 Å². The van der Waals surface area contributed by atoms with Crippen molar-refractivity contribution in [2.45, 2.75) is 31.7 Å². The number of alkyl carbamates (subject to hydrolysis) is 1. The van der Waals surface area contributed by atoms with Crippen LogP contribution in [0.5, 0.6) is 0 Å². The number of hydrogen-bond donors (Lipinski definition) is 4. The Bertz CT molecular complexity index is 736. The molecule has 1 heterocycles. The monoisotopic (exact) mass is 356 g/mol. The van der Waals surface area contributed by atoms with Gasteiger partial charge in [-0.3, -0.25) is 0 Å². The molecule has 138 valence electrons. The zero-order valence-corrected chi connectivity index (χ0v) is 14.5. The molecule has 1 aliphatic rings. The van der Waals surface area contributed by atoms with E-state index < -0.39 is 18.3 Å². The summed E-state index contributed by atoms with van der Waals surface area (Å²) >= 11 is 0. The smallest absolute Gasteiger partial charge is 0.407 e. The summed E-state index contributed by atoms with van der Waals surface area (Å²) in [6.45, 7) is 1.31. The third-order valence-electron chi connectivity index (χ3n) is 4.47. The van der Waals surface area contributed by atoms with E-state index in [0.717, 1.165) is 29.8 Å². The van der Waals surface area contributed by atoms with E-state index in [1.54, 1.807) is 0 Å². The molecular weight excluding hydrogens is 332 g/mol. The summed E-state index contributed by atoms with van der Waals surface area (Å²) in [4.78, 5) is 11.7. The van der Waals surface area contributed by atoms with Crippen LogP contribution in [0.1, 0.15) is 29.2 Å². The quantitative estimate of drug-likeness (QED) is 0.611. The van der Waals surface area contributed by atoms with Crippen LogP contribution in [0.2, 0.25) is 0 Å². The Morgan fingerprint density at radius 3 is 2.81 bits per heavy atom. The number of carbonyl (C=O) groups is 1. The van der Waals surface area contributed by atoms with Crippen LogP contribution >= 0.6 is 0 Å². The predicted octanol–water partition coefficient (Wildman–Crippen LogP) is 2.37. The Hall–Kier alpha value is -2.57. The van der Waals surface area contributed by atoms with Gasteiger partial charge in [0.2, 0.25) is 0 Å². The second-order valence-electron chi connectivity index (χ2n) is 6.38. The second kappa shape index (κ2) is 8.69. The first-order valence-electron chi connectivity index (χ1n) is 8.81. The minimum Gasteiger partial charge on any atom is -0.445 e. The molecule has 0 bridgehead atoms. The number of carbonyl (C=O) groups excluding carboxylic acids is 1. The van der Waals surface area contributed by atoms with E-state index >= 15 is 0 Å². The number of benzene rings is 2. The summed E-state index contributed by atoms with van der Waals surface area (Å²) in [5.74, 6) is 0. The molecule has 4 N–H and O–H groups in total. The molecule has 0 spiro atoms. The zero-order chi connectivity index (χ0) is 18.4. The highest BCUT2D eigenvalue weighted by Gasteiger charge is 2.20. The Morgan fingerprint density at radius 2 is 2.00 bits per heavy atom. The summed E-state index contributed by atoms with van der Waals surface area (Å²) in [6.07, 6.45) is -1.34. The molecule has 0 radical (unpaired) electrons. The van der Waals surface area contributed by atoms with E-state index in [1.165, 1.54) is 0 Å². The normalized spacial score (nSPS) is 14.8. The molecule has 3 rings (SSSR count). The number of fused-ring (bicyclic) bond motifs is 1. The van der Waals surface area contributed by atoms with Crippen LogP contribution in [0.25, 0.3) is 0 Å². The van der Waals surface area contributed by atoms with Crippen LogP contribution < -0.4 is 10.6 Å². The number of hydrogen-bond acceptors (Lipinski definition) is 5. The lowest BCUT2D eigenvalue weighted by atomic mass is 9.99. The molecule has 26 heavy (non-hydrogen) atoms. The van der Waals surface area contributed by atoms with Crippen molar-refractivity contribution in [3.63, 3.8) is 0 Å². The van der Waals surface area contributed by atoms with Crippen LogP contribution in [-0.4, -0.2) is 35.5 Å². The van der Waals surface area contributed by atoms with Crippen molar-refractivity contribution >= 4 is 11.8 Å². The topological polar surface area (TPSA) is 90.8 Å². The predicted molar refractivity (Wildman–Crippen MR) is 98.8 cm³/mol.